The smallest absolute Gasteiger partial charge is 0.137 e. The van der Waals surface area contributed by atoms with Gasteiger partial charge in [-0.3, -0.25) is 4.90 Å². The number of aryl methyl sites for hydroxylation is 1. The summed E-state index contributed by atoms with van der Waals surface area (Å²) in [7, 11) is 0. The predicted octanol–water partition coefficient (Wildman–Crippen LogP) is 4.07. The van der Waals surface area contributed by atoms with E-state index in [1.807, 2.05) is 36.4 Å². The minimum absolute atomic E-state index is 0.754. The van der Waals surface area contributed by atoms with Crippen LogP contribution in [0.25, 0.3) is 16.9 Å². The number of benzene rings is 1. The van der Waals surface area contributed by atoms with Gasteiger partial charge in [0.05, 0.1) is 11.4 Å². The average Bonchev–Trinajstić information content (AvgIpc) is 2.93. The second-order valence-corrected chi connectivity index (χ2v) is 6.23. The second kappa shape index (κ2) is 7.36. The van der Waals surface area contributed by atoms with E-state index >= 15 is 0 Å². The van der Waals surface area contributed by atoms with E-state index in [4.69, 9.17) is 10.7 Å². The Morgan fingerprint density at radius 3 is 2.44 bits per heavy atom. The molecular weight excluding hydrogens is 308 g/mol. The van der Waals surface area contributed by atoms with Gasteiger partial charge in [0, 0.05) is 37.1 Å². The zero-order chi connectivity index (χ0) is 17.8. The van der Waals surface area contributed by atoms with Crippen molar-refractivity contribution in [1.29, 1.82) is 0 Å². The van der Waals surface area contributed by atoms with Crippen molar-refractivity contribution in [2.24, 2.45) is 0 Å². The molecule has 128 valence electrons. The third-order valence-electron chi connectivity index (χ3n) is 4.21. The maximum atomic E-state index is 5.84. The zero-order valence-electron chi connectivity index (χ0n) is 14.7. The molecule has 0 saturated heterocycles. The lowest BCUT2D eigenvalue weighted by atomic mass is 10.1. The molecule has 0 aliphatic carbocycles. The summed E-state index contributed by atoms with van der Waals surface area (Å²) in [6.45, 7) is 12.2. The number of rotatable bonds is 7. The van der Waals surface area contributed by atoms with Crippen LogP contribution in [0.5, 0.6) is 0 Å². The van der Waals surface area contributed by atoms with Gasteiger partial charge in [0.2, 0.25) is 0 Å². The van der Waals surface area contributed by atoms with Gasteiger partial charge in [0.25, 0.3) is 0 Å². The molecular formula is C21H24N4. The molecule has 0 bridgehead atoms. The summed E-state index contributed by atoms with van der Waals surface area (Å²) < 4.78 is 2.16. The first-order valence-electron chi connectivity index (χ1n) is 8.40. The van der Waals surface area contributed by atoms with Crippen molar-refractivity contribution >= 4 is 11.3 Å². The number of nitrogens with two attached hydrogens (primary N) is 1. The van der Waals surface area contributed by atoms with Gasteiger partial charge in [-0.1, -0.05) is 24.3 Å². The van der Waals surface area contributed by atoms with Gasteiger partial charge < -0.3 is 10.1 Å². The molecule has 0 aliphatic heterocycles. The third-order valence-corrected chi connectivity index (χ3v) is 4.21. The van der Waals surface area contributed by atoms with E-state index in [1.165, 1.54) is 5.56 Å². The normalized spacial score (nSPS) is 11.1. The molecule has 0 spiro atoms. The fraction of sp³-hybridized carbons (Fsp3) is 0.190. The first-order chi connectivity index (χ1) is 12.1. The molecule has 0 atom stereocenters. The van der Waals surface area contributed by atoms with E-state index in [-0.39, 0.29) is 0 Å². The number of aromatic nitrogens is 2. The minimum atomic E-state index is 0.754. The number of imidazole rings is 1. The minimum Gasteiger partial charge on any atom is -0.399 e. The lowest BCUT2D eigenvalue weighted by Gasteiger charge is -2.19. The van der Waals surface area contributed by atoms with Gasteiger partial charge in [-0.2, -0.15) is 0 Å². The zero-order valence-corrected chi connectivity index (χ0v) is 14.7. The molecule has 0 amide bonds. The first kappa shape index (κ1) is 17.0. The number of pyridine rings is 1. The Morgan fingerprint density at radius 2 is 1.80 bits per heavy atom. The van der Waals surface area contributed by atoms with E-state index in [0.29, 0.717) is 0 Å². The Kier molecular flexibility index (Phi) is 5.00. The SMILES string of the molecule is C=CCN(CC=C)Cc1c(-c2ccc(N)cc2)nc2cc(C)ccn12. The Bertz CT molecular complexity index is 880. The molecule has 2 heterocycles. The second-order valence-electron chi connectivity index (χ2n) is 6.23. The van der Waals surface area contributed by atoms with Gasteiger partial charge in [0.15, 0.2) is 0 Å². The number of nitrogen functional groups attached to an aromatic ring is 1. The van der Waals surface area contributed by atoms with Crippen LogP contribution >= 0.6 is 0 Å². The lowest BCUT2D eigenvalue weighted by Crippen LogP contribution is -2.24. The van der Waals surface area contributed by atoms with Gasteiger partial charge in [-0.15, -0.1) is 13.2 Å². The lowest BCUT2D eigenvalue weighted by molar-refractivity contribution is 0.323. The number of nitrogens with zero attached hydrogens (tertiary/aromatic N) is 3. The highest BCUT2D eigenvalue weighted by molar-refractivity contribution is 5.68. The van der Waals surface area contributed by atoms with E-state index in [9.17, 15) is 0 Å². The number of anilines is 1. The molecule has 3 aromatic rings. The molecule has 4 heteroatoms. The summed E-state index contributed by atoms with van der Waals surface area (Å²) in [5, 5.41) is 0. The molecule has 0 radical (unpaired) electrons. The maximum absolute atomic E-state index is 5.84. The van der Waals surface area contributed by atoms with Crippen molar-refractivity contribution in [3.05, 3.63) is 79.2 Å². The molecule has 25 heavy (non-hydrogen) atoms. The van der Waals surface area contributed by atoms with Crippen LogP contribution in [0.15, 0.2) is 67.9 Å². The molecule has 0 unspecified atom stereocenters. The monoisotopic (exact) mass is 332 g/mol. The molecule has 3 rings (SSSR count). The van der Waals surface area contributed by atoms with Crippen molar-refractivity contribution in [1.82, 2.24) is 14.3 Å². The van der Waals surface area contributed by atoms with Crippen LogP contribution in [0.2, 0.25) is 0 Å². The number of fused-ring (bicyclic) bond motifs is 1. The molecule has 0 aliphatic rings. The van der Waals surface area contributed by atoms with E-state index in [1.54, 1.807) is 0 Å². The Labute approximate surface area is 148 Å². The van der Waals surface area contributed by atoms with Crippen LogP contribution in [0, 0.1) is 6.92 Å². The highest BCUT2D eigenvalue weighted by atomic mass is 15.1. The van der Waals surface area contributed by atoms with Crippen LogP contribution in [0.3, 0.4) is 0 Å². The van der Waals surface area contributed by atoms with Gasteiger partial charge in [0.1, 0.15) is 5.65 Å². The molecule has 0 saturated carbocycles. The molecule has 0 fully saturated rings. The highest BCUT2D eigenvalue weighted by Gasteiger charge is 2.16. The topological polar surface area (TPSA) is 46.6 Å². The summed E-state index contributed by atoms with van der Waals surface area (Å²) in [6, 6.07) is 12.1. The Hall–Kier alpha value is -2.85. The fourth-order valence-electron chi connectivity index (χ4n) is 3.00. The molecule has 2 N–H and O–H groups in total. The fourth-order valence-corrected chi connectivity index (χ4v) is 3.00. The molecule has 1 aromatic carbocycles. The summed E-state index contributed by atoms with van der Waals surface area (Å²) in [6.07, 6.45) is 5.92. The van der Waals surface area contributed by atoms with Crippen LogP contribution < -0.4 is 5.73 Å². The van der Waals surface area contributed by atoms with Gasteiger partial charge in [-0.25, -0.2) is 4.98 Å². The Balaban J connectivity index is 2.12. The van der Waals surface area contributed by atoms with E-state index < -0.39 is 0 Å². The van der Waals surface area contributed by atoms with Crippen LogP contribution in [0.1, 0.15) is 11.3 Å². The van der Waals surface area contributed by atoms with Crippen LogP contribution in [0.4, 0.5) is 5.69 Å². The molecule has 2 aromatic heterocycles. The van der Waals surface area contributed by atoms with Crippen molar-refractivity contribution in [2.75, 3.05) is 18.8 Å². The maximum Gasteiger partial charge on any atom is 0.137 e. The first-order valence-corrected chi connectivity index (χ1v) is 8.40. The average molecular weight is 332 g/mol. The van der Waals surface area contributed by atoms with Crippen LogP contribution in [-0.4, -0.2) is 27.4 Å². The summed E-state index contributed by atoms with van der Waals surface area (Å²) in [4.78, 5) is 7.17. The van der Waals surface area contributed by atoms with E-state index in [2.05, 4.69) is 47.7 Å². The van der Waals surface area contributed by atoms with E-state index in [0.717, 1.165) is 47.9 Å². The van der Waals surface area contributed by atoms with Crippen molar-refractivity contribution in [2.45, 2.75) is 13.5 Å². The van der Waals surface area contributed by atoms with Gasteiger partial charge >= 0.3 is 0 Å². The summed E-state index contributed by atoms with van der Waals surface area (Å²) in [5.41, 5.74) is 12.0. The predicted molar refractivity (Wildman–Crippen MR) is 105 cm³/mol. The number of hydrogen-bond donors (Lipinski definition) is 1. The standard InChI is InChI=1S/C21H24N4/c1-4-11-24(12-5-2)15-19-21(17-6-8-18(22)9-7-17)23-20-14-16(3)10-13-25(19)20/h4-10,13-14H,1-2,11-12,15,22H2,3H3. The third kappa shape index (κ3) is 3.64. The number of hydrogen-bond acceptors (Lipinski definition) is 3. The van der Waals surface area contributed by atoms with Crippen molar-refractivity contribution < 1.29 is 0 Å². The molecule has 4 nitrogen and oxygen atoms in total. The van der Waals surface area contributed by atoms with Crippen molar-refractivity contribution in [3.8, 4) is 11.3 Å². The quantitative estimate of drug-likeness (QED) is 0.524. The Morgan fingerprint density at radius 1 is 1.12 bits per heavy atom. The summed E-state index contributed by atoms with van der Waals surface area (Å²) in [5.74, 6) is 0. The highest BCUT2D eigenvalue weighted by Crippen LogP contribution is 2.27. The van der Waals surface area contributed by atoms with Crippen LogP contribution in [-0.2, 0) is 6.54 Å². The summed E-state index contributed by atoms with van der Waals surface area (Å²) >= 11 is 0. The van der Waals surface area contributed by atoms with Crippen molar-refractivity contribution in [3.63, 3.8) is 0 Å². The van der Waals surface area contributed by atoms with Gasteiger partial charge in [-0.05, 0) is 36.8 Å². The largest absolute Gasteiger partial charge is 0.399 e.